The van der Waals surface area contributed by atoms with Gasteiger partial charge in [-0.3, -0.25) is 4.68 Å². The van der Waals surface area contributed by atoms with Crippen LogP contribution in [0.25, 0.3) is 0 Å². The van der Waals surface area contributed by atoms with Gasteiger partial charge in [-0.05, 0) is 39.0 Å². The number of anilines is 3. The molecule has 4 aliphatic carbocycles. The van der Waals surface area contributed by atoms with Crippen LogP contribution in [0.5, 0.6) is 0 Å². The van der Waals surface area contributed by atoms with Crippen molar-refractivity contribution in [3.8, 4) is 6.07 Å². The van der Waals surface area contributed by atoms with E-state index in [-0.39, 0.29) is 23.0 Å². The Bertz CT molecular complexity index is 1050. The van der Waals surface area contributed by atoms with Crippen molar-refractivity contribution in [1.29, 1.82) is 5.26 Å². The number of nitrogens with zero attached hydrogens (tertiary/aromatic N) is 6. The first-order valence-electron chi connectivity index (χ1n) is 10.7. The standard InChI is InChI=1S/C21H26N8O/c1-12-5-28(7-15(30-12)13-4-25-29(6-13)14-2-3-14)19-26-17(16(23)18(24)27-19)21-8-20(9-21,10-21)11-22/h4,6,12,14-15H,2-3,5,7-10,23H2,1H3,(H2,24,26,27)/t12-,15-,20?,21?/m1/s1. The summed E-state index contributed by atoms with van der Waals surface area (Å²) in [5.41, 5.74) is 14.6. The summed E-state index contributed by atoms with van der Waals surface area (Å²) in [7, 11) is 0. The molecule has 1 saturated heterocycles. The van der Waals surface area contributed by atoms with Gasteiger partial charge in [0.05, 0.1) is 47.8 Å². The van der Waals surface area contributed by atoms with E-state index in [4.69, 9.17) is 21.2 Å². The zero-order valence-electron chi connectivity index (χ0n) is 17.1. The van der Waals surface area contributed by atoms with Gasteiger partial charge in [-0.15, -0.1) is 0 Å². The van der Waals surface area contributed by atoms with Crippen molar-refractivity contribution in [2.75, 3.05) is 29.5 Å². The molecule has 2 aromatic rings. The first kappa shape index (κ1) is 18.0. The van der Waals surface area contributed by atoms with Gasteiger partial charge in [-0.2, -0.15) is 15.3 Å². The molecule has 4 N–H and O–H groups in total. The van der Waals surface area contributed by atoms with Crippen LogP contribution in [-0.2, 0) is 10.2 Å². The fourth-order valence-corrected chi connectivity index (χ4v) is 5.53. The van der Waals surface area contributed by atoms with Crippen LogP contribution in [0.2, 0.25) is 0 Å². The molecule has 0 radical (unpaired) electrons. The highest BCUT2D eigenvalue weighted by Crippen LogP contribution is 2.73. The monoisotopic (exact) mass is 406 g/mol. The molecule has 0 unspecified atom stereocenters. The second kappa shape index (κ2) is 5.85. The molecule has 2 atom stereocenters. The Morgan fingerprint density at radius 2 is 1.97 bits per heavy atom. The minimum atomic E-state index is -0.174. The molecule has 3 heterocycles. The lowest BCUT2D eigenvalue weighted by molar-refractivity contribution is -0.0951. The highest BCUT2D eigenvalue weighted by Gasteiger charge is 2.70. The normalized spacial score (nSPS) is 34.7. The van der Waals surface area contributed by atoms with Gasteiger partial charge < -0.3 is 21.1 Å². The van der Waals surface area contributed by atoms with Crippen molar-refractivity contribution in [2.24, 2.45) is 5.41 Å². The maximum absolute atomic E-state index is 9.37. The van der Waals surface area contributed by atoms with Crippen molar-refractivity contribution >= 4 is 17.5 Å². The molecule has 5 aliphatic rings. The fourth-order valence-electron chi connectivity index (χ4n) is 5.53. The summed E-state index contributed by atoms with van der Waals surface area (Å²) in [5, 5.41) is 13.9. The predicted octanol–water partition coefficient (Wildman–Crippen LogP) is 2.08. The van der Waals surface area contributed by atoms with Crippen molar-refractivity contribution in [3.63, 3.8) is 0 Å². The lowest BCUT2D eigenvalue weighted by Crippen LogP contribution is -2.64. The topological polar surface area (TPSA) is 132 Å². The third-order valence-corrected chi connectivity index (χ3v) is 7.19. The van der Waals surface area contributed by atoms with Crippen LogP contribution < -0.4 is 16.4 Å². The molecule has 30 heavy (non-hydrogen) atoms. The Morgan fingerprint density at radius 3 is 2.67 bits per heavy atom. The highest BCUT2D eigenvalue weighted by molar-refractivity contribution is 5.67. The van der Waals surface area contributed by atoms with Crippen LogP contribution in [0, 0.1) is 16.7 Å². The van der Waals surface area contributed by atoms with E-state index < -0.39 is 0 Å². The lowest BCUT2D eigenvalue weighted by atomic mass is 9.34. The van der Waals surface area contributed by atoms with E-state index in [1.165, 1.54) is 12.8 Å². The average molecular weight is 406 g/mol. The minimum Gasteiger partial charge on any atom is -0.394 e. The number of nitrogens with two attached hydrogens (primary N) is 2. The molecule has 1 aliphatic heterocycles. The van der Waals surface area contributed by atoms with Crippen LogP contribution >= 0.6 is 0 Å². The predicted molar refractivity (Wildman–Crippen MR) is 110 cm³/mol. The second-order valence-corrected chi connectivity index (χ2v) is 9.70. The average Bonchev–Trinajstić information content (AvgIpc) is 3.39. The number of rotatable bonds is 4. The Labute approximate surface area is 175 Å². The molecule has 0 aromatic carbocycles. The van der Waals surface area contributed by atoms with Crippen molar-refractivity contribution in [1.82, 2.24) is 19.7 Å². The first-order chi connectivity index (χ1) is 14.4. The minimum absolute atomic E-state index is 0.0238. The molecular formula is C21H26N8O. The van der Waals surface area contributed by atoms with Crippen molar-refractivity contribution < 1.29 is 4.74 Å². The molecule has 0 amide bonds. The molecule has 9 heteroatoms. The lowest BCUT2D eigenvalue weighted by Gasteiger charge is -2.66. The summed E-state index contributed by atoms with van der Waals surface area (Å²) in [5.74, 6) is 0.921. The molecule has 0 spiro atoms. The van der Waals surface area contributed by atoms with E-state index >= 15 is 0 Å². The number of nitrogen functional groups attached to an aromatic ring is 2. The number of nitriles is 1. The molecular weight excluding hydrogens is 380 g/mol. The fraction of sp³-hybridized carbons (Fsp3) is 0.619. The Morgan fingerprint density at radius 1 is 1.20 bits per heavy atom. The van der Waals surface area contributed by atoms with Crippen LogP contribution in [0.4, 0.5) is 17.5 Å². The Kier molecular flexibility index (Phi) is 3.50. The summed E-state index contributed by atoms with van der Waals surface area (Å²) >= 11 is 0. The Hall–Kier alpha value is -2.86. The van der Waals surface area contributed by atoms with Gasteiger partial charge in [0.2, 0.25) is 5.95 Å². The highest BCUT2D eigenvalue weighted by atomic mass is 16.5. The first-order valence-corrected chi connectivity index (χ1v) is 10.7. The number of morpholine rings is 1. The van der Waals surface area contributed by atoms with Gasteiger partial charge in [0.15, 0.2) is 5.82 Å². The molecule has 5 fully saturated rings. The van der Waals surface area contributed by atoms with Gasteiger partial charge in [0.1, 0.15) is 6.10 Å². The van der Waals surface area contributed by atoms with E-state index in [1.54, 1.807) is 0 Å². The smallest absolute Gasteiger partial charge is 0.227 e. The molecule has 156 valence electrons. The Balaban J connectivity index is 1.28. The number of aromatic nitrogens is 4. The van der Waals surface area contributed by atoms with Gasteiger partial charge >= 0.3 is 0 Å². The number of hydrogen-bond acceptors (Lipinski definition) is 8. The van der Waals surface area contributed by atoms with Crippen LogP contribution in [0.15, 0.2) is 12.4 Å². The van der Waals surface area contributed by atoms with Crippen LogP contribution in [0.1, 0.15) is 62.4 Å². The third kappa shape index (κ3) is 2.53. The summed E-state index contributed by atoms with van der Waals surface area (Å²) in [6.45, 7) is 3.38. The van der Waals surface area contributed by atoms with Gasteiger partial charge in [-0.1, -0.05) is 0 Å². The van der Waals surface area contributed by atoms with Gasteiger partial charge in [0.25, 0.3) is 0 Å². The SMILES string of the molecule is C[C@@H]1CN(c2nc(N)c(N)c(C34CC(C#N)(C3)C4)n2)C[C@H](c2cnn(C3CC3)c2)O1. The number of hydrogen-bond donors (Lipinski definition) is 2. The van der Waals surface area contributed by atoms with E-state index in [0.717, 1.165) is 30.5 Å². The summed E-state index contributed by atoms with van der Waals surface area (Å²) in [6.07, 6.45) is 8.80. The largest absolute Gasteiger partial charge is 0.394 e. The summed E-state index contributed by atoms with van der Waals surface area (Å²) in [6, 6.07) is 2.99. The van der Waals surface area contributed by atoms with E-state index in [1.807, 2.05) is 10.9 Å². The molecule has 9 nitrogen and oxygen atoms in total. The zero-order chi connectivity index (χ0) is 20.7. The maximum atomic E-state index is 9.37. The summed E-state index contributed by atoms with van der Waals surface area (Å²) in [4.78, 5) is 11.5. The molecule has 7 rings (SSSR count). The van der Waals surface area contributed by atoms with Crippen molar-refractivity contribution in [2.45, 2.75) is 62.7 Å². The quantitative estimate of drug-likeness (QED) is 0.789. The second-order valence-electron chi connectivity index (χ2n) is 9.70. The molecule has 2 aromatic heterocycles. The van der Waals surface area contributed by atoms with E-state index in [9.17, 15) is 5.26 Å². The van der Waals surface area contributed by atoms with E-state index in [2.05, 4.69) is 34.2 Å². The third-order valence-electron chi connectivity index (χ3n) is 7.19. The van der Waals surface area contributed by atoms with Crippen LogP contribution in [-0.4, -0.2) is 38.9 Å². The maximum Gasteiger partial charge on any atom is 0.227 e. The number of ether oxygens (including phenoxy) is 1. The summed E-state index contributed by atoms with van der Waals surface area (Å²) < 4.78 is 8.26. The van der Waals surface area contributed by atoms with Crippen LogP contribution in [0.3, 0.4) is 0 Å². The van der Waals surface area contributed by atoms with Gasteiger partial charge in [0, 0.05) is 23.7 Å². The zero-order valence-corrected chi connectivity index (χ0v) is 17.1. The van der Waals surface area contributed by atoms with Gasteiger partial charge in [-0.25, -0.2) is 4.98 Å². The van der Waals surface area contributed by atoms with Crippen molar-refractivity contribution in [3.05, 3.63) is 23.7 Å². The molecule has 2 bridgehead atoms. The van der Waals surface area contributed by atoms with E-state index in [0.29, 0.717) is 36.6 Å². The molecule has 4 saturated carbocycles.